The Morgan fingerprint density at radius 2 is 1.88 bits per heavy atom. The number of nitrogens with zero attached hydrogens (tertiary/aromatic N) is 2. The van der Waals surface area contributed by atoms with Crippen LogP contribution >= 0.6 is 0 Å². The fourth-order valence-corrected chi connectivity index (χ4v) is 3.68. The maximum absolute atomic E-state index is 12.9. The van der Waals surface area contributed by atoms with Crippen molar-refractivity contribution in [1.82, 2.24) is 4.90 Å². The maximum Gasteiger partial charge on any atom is 0.309 e. The van der Waals surface area contributed by atoms with Crippen LogP contribution in [0.1, 0.15) is 26.2 Å². The van der Waals surface area contributed by atoms with Gasteiger partial charge in [0, 0.05) is 0 Å². The van der Waals surface area contributed by atoms with Gasteiger partial charge in [0.1, 0.15) is 5.75 Å². The third kappa shape index (κ3) is 3.44. The first-order valence-corrected chi connectivity index (χ1v) is 8.97. The van der Waals surface area contributed by atoms with E-state index in [-0.39, 0.29) is 30.1 Å². The molecule has 0 N–H and O–H groups in total. The molecule has 1 atom stereocenters. The molecule has 26 heavy (non-hydrogen) atoms. The van der Waals surface area contributed by atoms with E-state index in [0.717, 1.165) is 0 Å². The molecule has 0 bridgehead atoms. The Hall–Kier alpha value is -2.41. The summed E-state index contributed by atoms with van der Waals surface area (Å²) in [5.41, 5.74) is 0.480. The number of hydrogen-bond donors (Lipinski definition) is 0. The average Bonchev–Trinajstić information content (AvgIpc) is 2.96. The Labute approximate surface area is 152 Å². The van der Waals surface area contributed by atoms with Gasteiger partial charge in [0.15, 0.2) is 0 Å². The summed E-state index contributed by atoms with van der Waals surface area (Å²) in [6.07, 6.45) is 1.44. The predicted octanol–water partition coefficient (Wildman–Crippen LogP) is 1.60. The van der Waals surface area contributed by atoms with Crippen LogP contribution in [0.5, 0.6) is 5.75 Å². The number of benzene rings is 1. The standard InChI is InChI=1S/C19H24N2O5/c1-3-26-19(24)13-8-10-20(11-9-13)15-12-17(22)21(18(15)23)14-6-4-5-7-16(14)25-2/h4-7,13,15H,3,8-12H2,1-2H3. The summed E-state index contributed by atoms with van der Waals surface area (Å²) >= 11 is 0. The molecule has 140 valence electrons. The smallest absolute Gasteiger partial charge is 0.309 e. The van der Waals surface area contributed by atoms with E-state index in [2.05, 4.69) is 0 Å². The molecule has 1 aromatic carbocycles. The van der Waals surface area contributed by atoms with Gasteiger partial charge in [-0.25, -0.2) is 4.90 Å². The first-order valence-electron chi connectivity index (χ1n) is 8.97. The Morgan fingerprint density at radius 1 is 1.19 bits per heavy atom. The largest absolute Gasteiger partial charge is 0.495 e. The van der Waals surface area contributed by atoms with E-state index >= 15 is 0 Å². The molecule has 1 unspecified atom stereocenters. The van der Waals surface area contributed by atoms with Crippen LogP contribution in [0, 0.1) is 5.92 Å². The van der Waals surface area contributed by atoms with E-state index in [4.69, 9.17) is 9.47 Å². The van der Waals surface area contributed by atoms with E-state index in [1.54, 1.807) is 31.2 Å². The van der Waals surface area contributed by atoms with Crippen LogP contribution < -0.4 is 9.64 Å². The summed E-state index contributed by atoms with van der Waals surface area (Å²) in [7, 11) is 1.52. The summed E-state index contributed by atoms with van der Waals surface area (Å²) in [5, 5.41) is 0. The van der Waals surface area contributed by atoms with Crippen LogP contribution in [-0.2, 0) is 19.1 Å². The highest BCUT2D eigenvalue weighted by atomic mass is 16.5. The summed E-state index contributed by atoms with van der Waals surface area (Å²) in [5.74, 6) is -0.248. The van der Waals surface area contributed by atoms with E-state index in [1.807, 2.05) is 4.90 Å². The number of hydrogen-bond acceptors (Lipinski definition) is 6. The number of ether oxygens (including phenoxy) is 2. The molecular formula is C19H24N2O5. The highest BCUT2D eigenvalue weighted by Gasteiger charge is 2.44. The molecule has 0 aliphatic carbocycles. The minimum absolute atomic E-state index is 0.122. The van der Waals surface area contributed by atoms with Crippen LogP contribution in [0.2, 0.25) is 0 Å². The van der Waals surface area contributed by atoms with Gasteiger partial charge >= 0.3 is 5.97 Å². The second-order valence-corrected chi connectivity index (χ2v) is 6.52. The number of anilines is 1. The molecule has 2 fully saturated rings. The molecule has 2 heterocycles. The number of para-hydroxylation sites is 2. The molecule has 2 aliphatic rings. The average molecular weight is 360 g/mol. The van der Waals surface area contributed by atoms with Crippen LogP contribution in [0.4, 0.5) is 5.69 Å². The van der Waals surface area contributed by atoms with Gasteiger partial charge in [0.25, 0.3) is 5.91 Å². The van der Waals surface area contributed by atoms with Crippen molar-refractivity contribution in [3.8, 4) is 5.75 Å². The second kappa shape index (κ2) is 7.86. The Morgan fingerprint density at radius 3 is 2.54 bits per heavy atom. The number of amides is 2. The molecule has 0 spiro atoms. The molecule has 2 aliphatic heterocycles. The number of carbonyl (C=O) groups excluding carboxylic acids is 3. The number of likely N-dealkylation sites (tertiary alicyclic amines) is 1. The fraction of sp³-hybridized carbons (Fsp3) is 0.526. The fourth-order valence-electron chi connectivity index (χ4n) is 3.68. The number of carbonyl (C=O) groups is 3. The minimum Gasteiger partial charge on any atom is -0.495 e. The molecule has 0 aromatic heterocycles. The number of rotatable bonds is 5. The van der Waals surface area contributed by atoms with E-state index in [0.29, 0.717) is 44.0 Å². The number of imide groups is 1. The summed E-state index contributed by atoms with van der Waals surface area (Å²) in [6.45, 7) is 3.38. The Bertz CT molecular complexity index is 697. The molecule has 3 rings (SSSR count). The van der Waals surface area contributed by atoms with Crippen LogP contribution in [0.3, 0.4) is 0 Å². The van der Waals surface area contributed by atoms with Gasteiger partial charge in [-0.3, -0.25) is 19.3 Å². The van der Waals surface area contributed by atoms with Gasteiger partial charge < -0.3 is 9.47 Å². The van der Waals surface area contributed by atoms with Crippen molar-refractivity contribution in [3.63, 3.8) is 0 Å². The Kier molecular flexibility index (Phi) is 5.56. The number of piperidine rings is 1. The lowest BCUT2D eigenvalue weighted by atomic mass is 9.95. The van der Waals surface area contributed by atoms with Gasteiger partial charge in [-0.1, -0.05) is 12.1 Å². The highest BCUT2D eigenvalue weighted by molar-refractivity contribution is 6.23. The first kappa shape index (κ1) is 18.4. The van der Waals surface area contributed by atoms with Crippen molar-refractivity contribution in [2.75, 3.05) is 31.7 Å². The van der Waals surface area contributed by atoms with Crippen LogP contribution in [-0.4, -0.2) is 55.5 Å². The zero-order chi connectivity index (χ0) is 18.7. The zero-order valence-electron chi connectivity index (χ0n) is 15.1. The predicted molar refractivity (Wildman–Crippen MR) is 94.8 cm³/mol. The molecule has 0 radical (unpaired) electrons. The quantitative estimate of drug-likeness (QED) is 0.586. The van der Waals surface area contributed by atoms with Gasteiger partial charge in [0.05, 0.1) is 37.8 Å². The van der Waals surface area contributed by atoms with Crippen molar-refractivity contribution in [1.29, 1.82) is 0 Å². The normalized spacial score (nSPS) is 21.9. The monoisotopic (exact) mass is 360 g/mol. The number of methoxy groups -OCH3 is 1. The summed E-state index contributed by atoms with van der Waals surface area (Å²) < 4.78 is 10.4. The molecule has 0 saturated carbocycles. The van der Waals surface area contributed by atoms with E-state index in [1.165, 1.54) is 12.0 Å². The van der Waals surface area contributed by atoms with Crippen molar-refractivity contribution in [2.24, 2.45) is 5.92 Å². The maximum atomic E-state index is 12.9. The summed E-state index contributed by atoms with van der Waals surface area (Å²) in [4.78, 5) is 40.5. The van der Waals surface area contributed by atoms with E-state index < -0.39 is 6.04 Å². The topological polar surface area (TPSA) is 76.2 Å². The van der Waals surface area contributed by atoms with Gasteiger partial charge in [-0.2, -0.15) is 0 Å². The van der Waals surface area contributed by atoms with Crippen LogP contribution in [0.25, 0.3) is 0 Å². The van der Waals surface area contributed by atoms with E-state index in [9.17, 15) is 14.4 Å². The Balaban J connectivity index is 1.69. The lowest BCUT2D eigenvalue weighted by Gasteiger charge is -2.33. The lowest BCUT2D eigenvalue weighted by Crippen LogP contribution is -2.47. The van der Waals surface area contributed by atoms with Crippen molar-refractivity contribution < 1.29 is 23.9 Å². The van der Waals surface area contributed by atoms with Crippen molar-refractivity contribution >= 4 is 23.5 Å². The second-order valence-electron chi connectivity index (χ2n) is 6.52. The first-order chi connectivity index (χ1) is 12.6. The molecule has 2 amide bonds. The van der Waals surface area contributed by atoms with Crippen LogP contribution in [0.15, 0.2) is 24.3 Å². The molecule has 7 nitrogen and oxygen atoms in total. The zero-order valence-corrected chi connectivity index (χ0v) is 15.1. The molecular weight excluding hydrogens is 336 g/mol. The molecule has 1 aromatic rings. The highest BCUT2D eigenvalue weighted by Crippen LogP contribution is 2.34. The molecule has 7 heteroatoms. The molecule has 2 saturated heterocycles. The summed E-state index contributed by atoms with van der Waals surface area (Å²) in [6, 6.07) is 6.54. The third-order valence-electron chi connectivity index (χ3n) is 5.04. The van der Waals surface area contributed by atoms with Gasteiger partial charge in [-0.15, -0.1) is 0 Å². The number of esters is 1. The SMILES string of the molecule is CCOC(=O)C1CCN(C2CC(=O)N(c3ccccc3OC)C2=O)CC1. The van der Waals surface area contributed by atoms with Gasteiger partial charge in [-0.05, 0) is 45.0 Å². The minimum atomic E-state index is -0.476. The third-order valence-corrected chi connectivity index (χ3v) is 5.04. The van der Waals surface area contributed by atoms with Crippen molar-refractivity contribution in [2.45, 2.75) is 32.2 Å². The van der Waals surface area contributed by atoms with Crippen molar-refractivity contribution in [3.05, 3.63) is 24.3 Å². The van der Waals surface area contributed by atoms with Gasteiger partial charge in [0.2, 0.25) is 5.91 Å². The lowest BCUT2D eigenvalue weighted by molar-refractivity contribution is -0.149.